The van der Waals surface area contributed by atoms with E-state index >= 15 is 0 Å². The van der Waals surface area contributed by atoms with Crippen molar-refractivity contribution in [3.8, 4) is 11.1 Å². The summed E-state index contributed by atoms with van der Waals surface area (Å²) in [4.78, 5) is 7.82. The van der Waals surface area contributed by atoms with Gasteiger partial charge in [-0.25, -0.2) is 9.97 Å². The largest absolute Gasteiger partial charge is 0.416 e. The van der Waals surface area contributed by atoms with Crippen LogP contribution >= 0.6 is 15.9 Å². The number of nitrogens with zero attached hydrogens (tertiary/aromatic N) is 2. The Kier molecular flexibility index (Phi) is 3.38. The number of alkyl halides is 3. The van der Waals surface area contributed by atoms with Gasteiger partial charge in [0.15, 0.2) is 0 Å². The molecule has 0 aliphatic heterocycles. The maximum Gasteiger partial charge on any atom is 0.416 e. The SMILES string of the molecule is Cc1cc(C(F)(F)F)ccc1-c1cncnc1Br. The van der Waals surface area contributed by atoms with Crippen LogP contribution in [0.1, 0.15) is 11.1 Å². The van der Waals surface area contributed by atoms with Gasteiger partial charge in [-0.05, 0) is 46.1 Å². The molecule has 0 N–H and O–H groups in total. The van der Waals surface area contributed by atoms with Crippen LogP contribution in [0.25, 0.3) is 11.1 Å². The predicted octanol–water partition coefficient (Wildman–Crippen LogP) is 4.23. The number of hydrogen-bond donors (Lipinski definition) is 0. The first-order valence-corrected chi connectivity index (χ1v) is 5.82. The molecule has 1 aromatic carbocycles. The molecule has 0 saturated heterocycles. The Labute approximate surface area is 110 Å². The third-order valence-corrected chi connectivity index (χ3v) is 3.14. The van der Waals surface area contributed by atoms with E-state index in [2.05, 4.69) is 25.9 Å². The van der Waals surface area contributed by atoms with Crippen molar-refractivity contribution in [1.82, 2.24) is 9.97 Å². The Morgan fingerprint density at radius 2 is 1.89 bits per heavy atom. The van der Waals surface area contributed by atoms with E-state index in [0.29, 0.717) is 21.3 Å². The third kappa shape index (κ3) is 2.53. The zero-order valence-corrected chi connectivity index (χ0v) is 10.9. The Morgan fingerprint density at radius 1 is 1.17 bits per heavy atom. The van der Waals surface area contributed by atoms with Crippen molar-refractivity contribution in [3.63, 3.8) is 0 Å². The normalized spacial score (nSPS) is 11.6. The molecule has 0 unspecified atom stereocenters. The van der Waals surface area contributed by atoms with Crippen molar-refractivity contribution in [1.29, 1.82) is 0 Å². The van der Waals surface area contributed by atoms with Gasteiger partial charge in [0, 0.05) is 11.8 Å². The van der Waals surface area contributed by atoms with E-state index in [1.165, 1.54) is 12.4 Å². The summed E-state index contributed by atoms with van der Waals surface area (Å²) >= 11 is 3.25. The summed E-state index contributed by atoms with van der Waals surface area (Å²) in [5.41, 5.74) is 1.22. The van der Waals surface area contributed by atoms with Gasteiger partial charge in [-0.2, -0.15) is 13.2 Å². The van der Waals surface area contributed by atoms with Crippen LogP contribution in [0.3, 0.4) is 0 Å². The first kappa shape index (κ1) is 13.0. The van der Waals surface area contributed by atoms with E-state index in [9.17, 15) is 13.2 Å². The highest BCUT2D eigenvalue weighted by molar-refractivity contribution is 9.10. The molecular formula is C12H8BrF3N2. The van der Waals surface area contributed by atoms with Gasteiger partial charge in [-0.1, -0.05) is 6.07 Å². The van der Waals surface area contributed by atoms with Crippen molar-refractivity contribution in [2.75, 3.05) is 0 Å². The van der Waals surface area contributed by atoms with Crippen LogP contribution in [0.5, 0.6) is 0 Å². The van der Waals surface area contributed by atoms with Gasteiger partial charge in [0.05, 0.1) is 5.56 Å². The van der Waals surface area contributed by atoms with Gasteiger partial charge >= 0.3 is 6.18 Å². The lowest BCUT2D eigenvalue weighted by Gasteiger charge is -2.11. The summed E-state index contributed by atoms with van der Waals surface area (Å²) in [6.45, 7) is 1.63. The van der Waals surface area contributed by atoms with E-state index in [0.717, 1.165) is 12.1 Å². The number of rotatable bonds is 1. The molecular weight excluding hydrogens is 309 g/mol. The van der Waals surface area contributed by atoms with Gasteiger partial charge in [-0.3, -0.25) is 0 Å². The molecule has 0 bridgehead atoms. The quantitative estimate of drug-likeness (QED) is 0.736. The van der Waals surface area contributed by atoms with Crippen LogP contribution in [0.4, 0.5) is 13.2 Å². The van der Waals surface area contributed by atoms with Crippen LogP contribution in [0.2, 0.25) is 0 Å². The number of benzene rings is 1. The number of hydrogen-bond acceptors (Lipinski definition) is 2. The molecule has 2 nitrogen and oxygen atoms in total. The second-order valence-electron chi connectivity index (χ2n) is 3.75. The second kappa shape index (κ2) is 4.68. The van der Waals surface area contributed by atoms with E-state index in [1.807, 2.05) is 0 Å². The van der Waals surface area contributed by atoms with Crippen molar-refractivity contribution >= 4 is 15.9 Å². The van der Waals surface area contributed by atoms with E-state index in [4.69, 9.17) is 0 Å². The summed E-state index contributed by atoms with van der Waals surface area (Å²) in [6.07, 6.45) is -1.40. The molecule has 18 heavy (non-hydrogen) atoms. The van der Waals surface area contributed by atoms with Crippen LogP contribution in [-0.4, -0.2) is 9.97 Å². The molecule has 0 aliphatic carbocycles. The maximum absolute atomic E-state index is 12.5. The standard InChI is InChI=1S/C12H8BrF3N2/c1-7-4-8(12(14,15)16)2-3-9(7)10-5-17-6-18-11(10)13/h2-6H,1H3. The summed E-state index contributed by atoms with van der Waals surface area (Å²) in [7, 11) is 0. The predicted molar refractivity (Wildman–Crippen MR) is 64.9 cm³/mol. The number of halogens is 4. The van der Waals surface area contributed by atoms with E-state index in [-0.39, 0.29) is 0 Å². The minimum Gasteiger partial charge on any atom is -0.244 e. The second-order valence-corrected chi connectivity index (χ2v) is 4.51. The smallest absolute Gasteiger partial charge is 0.244 e. The molecule has 2 rings (SSSR count). The van der Waals surface area contributed by atoms with Crippen molar-refractivity contribution in [3.05, 3.63) is 46.5 Å². The lowest BCUT2D eigenvalue weighted by atomic mass is 10.0. The summed E-state index contributed by atoms with van der Waals surface area (Å²) < 4.78 is 38.2. The number of aromatic nitrogens is 2. The first-order chi connectivity index (χ1) is 8.39. The fraction of sp³-hybridized carbons (Fsp3) is 0.167. The highest BCUT2D eigenvalue weighted by atomic mass is 79.9. The van der Waals surface area contributed by atoms with Crippen LogP contribution in [-0.2, 0) is 6.18 Å². The monoisotopic (exact) mass is 316 g/mol. The Morgan fingerprint density at radius 3 is 2.44 bits per heavy atom. The minimum absolute atomic E-state index is 0.528. The zero-order chi connectivity index (χ0) is 13.3. The first-order valence-electron chi connectivity index (χ1n) is 5.03. The fourth-order valence-electron chi connectivity index (χ4n) is 1.64. The molecule has 0 amide bonds. The molecule has 1 aromatic heterocycles. The Bertz CT molecular complexity index is 582. The molecule has 1 heterocycles. The summed E-state index contributed by atoms with van der Waals surface area (Å²) in [6, 6.07) is 3.61. The van der Waals surface area contributed by atoms with E-state index < -0.39 is 11.7 Å². The maximum atomic E-state index is 12.5. The van der Waals surface area contributed by atoms with Crippen LogP contribution < -0.4 is 0 Å². The lowest BCUT2D eigenvalue weighted by Crippen LogP contribution is -2.05. The molecule has 0 atom stereocenters. The van der Waals surface area contributed by atoms with Gasteiger partial charge in [0.2, 0.25) is 0 Å². The average molecular weight is 317 g/mol. The molecule has 0 fully saturated rings. The van der Waals surface area contributed by atoms with Gasteiger partial charge in [-0.15, -0.1) is 0 Å². The zero-order valence-electron chi connectivity index (χ0n) is 9.29. The topological polar surface area (TPSA) is 25.8 Å². The van der Waals surface area contributed by atoms with Crippen molar-refractivity contribution < 1.29 is 13.2 Å². The molecule has 0 saturated carbocycles. The van der Waals surface area contributed by atoms with Crippen LogP contribution in [0, 0.1) is 6.92 Å². The number of aryl methyl sites for hydroxylation is 1. The Hall–Kier alpha value is -1.43. The van der Waals surface area contributed by atoms with Gasteiger partial charge in [0.1, 0.15) is 10.9 Å². The van der Waals surface area contributed by atoms with Crippen LogP contribution in [0.15, 0.2) is 35.3 Å². The van der Waals surface area contributed by atoms with Gasteiger partial charge < -0.3 is 0 Å². The molecule has 0 radical (unpaired) electrons. The molecule has 6 heteroatoms. The van der Waals surface area contributed by atoms with Crippen molar-refractivity contribution in [2.24, 2.45) is 0 Å². The molecule has 94 valence electrons. The summed E-state index contributed by atoms with van der Waals surface area (Å²) in [5, 5.41) is 0. The molecule has 2 aromatic rings. The third-order valence-electron chi connectivity index (χ3n) is 2.51. The summed E-state index contributed by atoms with van der Waals surface area (Å²) in [5.74, 6) is 0. The molecule has 0 aliphatic rings. The van der Waals surface area contributed by atoms with E-state index in [1.54, 1.807) is 13.1 Å². The average Bonchev–Trinajstić information content (AvgIpc) is 2.29. The van der Waals surface area contributed by atoms with Crippen molar-refractivity contribution in [2.45, 2.75) is 13.1 Å². The molecule has 0 spiro atoms. The Balaban J connectivity index is 2.52. The minimum atomic E-state index is -4.33. The fourth-order valence-corrected chi connectivity index (χ4v) is 2.05. The van der Waals surface area contributed by atoms with Gasteiger partial charge in [0.25, 0.3) is 0 Å². The lowest BCUT2D eigenvalue weighted by molar-refractivity contribution is -0.137. The highest BCUT2D eigenvalue weighted by Gasteiger charge is 2.30. The highest BCUT2D eigenvalue weighted by Crippen LogP contribution is 2.34.